The first kappa shape index (κ1) is 15.9. The van der Waals surface area contributed by atoms with Crippen molar-refractivity contribution in [1.82, 2.24) is 0 Å². The molecule has 25 heavy (non-hydrogen) atoms. The van der Waals surface area contributed by atoms with E-state index in [1.165, 1.54) is 30.5 Å². The van der Waals surface area contributed by atoms with Gasteiger partial charge < -0.3 is 14.5 Å². The molecule has 4 nitrogen and oxygen atoms in total. The molecule has 0 N–H and O–H groups in total. The maximum absolute atomic E-state index is 14.2. The second-order valence-electron chi connectivity index (χ2n) is 6.84. The molecule has 2 bridgehead atoms. The molecular weight excluding hydrogens is 319 g/mol. The molecule has 0 aliphatic carbocycles. The van der Waals surface area contributed by atoms with E-state index in [2.05, 4.69) is 45.7 Å². The van der Waals surface area contributed by atoms with Crippen LogP contribution in [0.1, 0.15) is 22.3 Å². The first-order valence-corrected chi connectivity index (χ1v) is 8.54. The van der Waals surface area contributed by atoms with E-state index < -0.39 is 11.8 Å². The summed E-state index contributed by atoms with van der Waals surface area (Å²) in [5.41, 5.74) is 3.34. The van der Waals surface area contributed by atoms with Gasteiger partial charge >= 0.3 is 5.97 Å². The minimum atomic E-state index is -0.641. The van der Waals surface area contributed by atoms with Crippen molar-refractivity contribution in [1.29, 1.82) is 0 Å². The summed E-state index contributed by atoms with van der Waals surface area (Å²) in [6.07, 6.45) is 1.08. The number of anilines is 2. The van der Waals surface area contributed by atoms with Gasteiger partial charge in [-0.25, -0.2) is 9.18 Å². The lowest BCUT2D eigenvalue weighted by Crippen LogP contribution is -2.46. The number of aryl methyl sites for hydroxylation is 1. The van der Waals surface area contributed by atoms with E-state index in [0.29, 0.717) is 12.1 Å². The Morgan fingerprint density at radius 2 is 1.76 bits per heavy atom. The Labute approximate surface area is 146 Å². The van der Waals surface area contributed by atoms with Gasteiger partial charge in [0.2, 0.25) is 0 Å². The third kappa shape index (κ3) is 2.73. The Morgan fingerprint density at radius 1 is 1.08 bits per heavy atom. The number of benzene rings is 2. The van der Waals surface area contributed by atoms with Gasteiger partial charge in [0.05, 0.1) is 12.7 Å². The fraction of sp³-hybridized carbons (Fsp3) is 0.350. The number of hydrogen-bond donors (Lipinski definition) is 0. The molecule has 0 amide bonds. The Morgan fingerprint density at radius 3 is 2.32 bits per heavy atom. The zero-order valence-corrected chi connectivity index (χ0v) is 14.4. The van der Waals surface area contributed by atoms with Crippen LogP contribution in [0, 0.1) is 12.7 Å². The Hall–Kier alpha value is -2.56. The van der Waals surface area contributed by atoms with Crippen LogP contribution in [0.2, 0.25) is 0 Å². The molecule has 0 radical (unpaired) electrons. The molecule has 2 fully saturated rings. The summed E-state index contributed by atoms with van der Waals surface area (Å²) in [6, 6.07) is 14.2. The molecule has 0 unspecified atom stereocenters. The van der Waals surface area contributed by atoms with Crippen molar-refractivity contribution < 1.29 is 13.9 Å². The van der Waals surface area contributed by atoms with Crippen molar-refractivity contribution in [2.45, 2.75) is 25.4 Å². The number of halogens is 1. The van der Waals surface area contributed by atoms with Crippen LogP contribution in [0.3, 0.4) is 0 Å². The zero-order chi connectivity index (χ0) is 17.6. The smallest absolute Gasteiger partial charge is 0.340 e. The number of hydrogen-bond acceptors (Lipinski definition) is 4. The third-order valence-corrected chi connectivity index (χ3v) is 5.26. The fourth-order valence-corrected chi connectivity index (χ4v) is 4.06. The molecule has 0 saturated carbocycles. The van der Waals surface area contributed by atoms with Crippen LogP contribution in [0.5, 0.6) is 0 Å². The van der Waals surface area contributed by atoms with Crippen LogP contribution < -0.4 is 9.80 Å². The molecule has 0 aromatic heterocycles. The summed E-state index contributed by atoms with van der Waals surface area (Å²) in [5, 5.41) is 0. The average Bonchev–Trinajstić information content (AvgIpc) is 3.21. The predicted octanol–water partition coefficient (Wildman–Crippen LogP) is 3.39. The van der Waals surface area contributed by atoms with Gasteiger partial charge in [-0.1, -0.05) is 12.1 Å². The summed E-state index contributed by atoms with van der Waals surface area (Å²) in [7, 11) is 1.26. The minimum absolute atomic E-state index is 0.0167. The highest BCUT2D eigenvalue weighted by Gasteiger charge is 2.43. The highest BCUT2D eigenvalue weighted by atomic mass is 19.1. The molecule has 2 aromatic carbocycles. The molecular formula is C20H21FN2O2. The Kier molecular flexibility index (Phi) is 3.86. The van der Waals surface area contributed by atoms with Crippen molar-refractivity contribution in [3.05, 3.63) is 59.4 Å². The van der Waals surface area contributed by atoms with Gasteiger partial charge in [0.1, 0.15) is 5.82 Å². The molecule has 4 rings (SSSR count). The van der Waals surface area contributed by atoms with E-state index in [0.717, 1.165) is 25.2 Å². The van der Waals surface area contributed by atoms with E-state index in [4.69, 9.17) is 0 Å². The predicted molar refractivity (Wildman–Crippen MR) is 95.8 cm³/mol. The number of carbonyl (C=O) groups excluding carboxylic acids is 1. The standard InChI is InChI=1S/C20H21FN2O2/c1-13-4-3-5-14(8-13)22-11-17-9-16(22)12-23(17)15-6-7-18(19(21)10-15)20(24)25-2/h3-8,10,16-17H,9,11-12H2,1-2H3/t16-,17-/m0/s1. The second-order valence-corrected chi connectivity index (χ2v) is 6.84. The molecule has 2 saturated heterocycles. The molecule has 5 heteroatoms. The monoisotopic (exact) mass is 340 g/mol. The highest BCUT2D eigenvalue weighted by Crippen LogP contribution is 2.37. The van der Waals surface area contributed by atoms with Crippen LogP contribution in [0.15, 0.2) is 42.5 Å². The molecule has 2 atom stereocenters. The highest BCUT2D eigenvalue weighted by molar-refractivity contribution is 5.90. The maximum Gasteiger partial charge on any atom is 0.340 e. The first-order valence-electron chi connectivity index (χ1n) is 8.54. The van der Waals surface area contributed by atoms with Gasteiger partial charge in [0, 0.05) is 36.5 Å². The number of ether oxygens (including phenoxy) is 1. The normalized spacial score (nSPS) is 21.7. The largest absolute Gasteiger partial charge is 0.465 e. The molecule has 130 valence electrons. The molecule has 2 heterocycles. The van der Waals surface area contributed by atoms with E-state index in [9.17, 15) is 9.18 Å². The van der Waals surface area contributed by atoms with E-state index in [1.807, 2.05) is 6.07 Å². The topological polar surface area (TPSA) is 32.8 Å². The second kappa shape index (κ2) is 6.06. The summed E-state index contributed by atoms with van der Waals surface area (Å²) >= 11 is 0. The first-order chi connectivity index (χ1) is 12.1. The lowest BCUT2D eigenvalue weighted by molar-refractivity contribution is 0.0595. The van der Waals surface area contributed by atoms with Crippen LogP contribution in [0.25, 0.3) is 0 Å². The van der Waals surface area contributed by atoms with Crippen molar-refractivity contribution in [2.75, 3.05) is 30.0 Å². The Balaban J connectivity index is 1.53. The van der Waals surface area contributed by atoms with E-state index >= 15 is 0 Å². The minimum Gasteiger partial charge on any atom is -0.465 e. The average molecular weight is 340 g/mol. The number of methoxy groups -OCH3 is 1. The van der Waals surface area contributed by atoms with Gasteiger partial charge in [-0.3, -0.25) is 0 Å². The van der Waals surface area contributed by atoms with Crippen LogP contribution in [-0.2, 0) is 4.74 Å². The Bertz CT molecular complexity index is 823. The molecule has 2 aliphatic rings. The van der Waals surface area contributed by atoms with Gasteiger partial charge in [-0.15, -0.1) is 0 Å². The summed E-state index contributed by atoms with van der Waals surface area (Å²) in [5.74, 6) is -1.17. The summed E-state index contributed by atoms with van der Waals surface area (Å²) < 4.78 is 18.8. The van der Waals surface area contributed by atoms with E-state index in [1.54, 1.807) is 0 Å². The van der Waals surface area contributed by atoms with Crippen molar-refractivity contribution in [3.8, 4) is 0 Å². The van der Waals surface area contributed by atoms with Crippen molar-refractivity contribution in [2.24, 2.45) is 0 Å². The van der Waals surface area contributed by atoms with Gasteiger partial charge in [0.15, 0.2) is 0 Å². The van der Waals surface area contributed by atoms with Crippen molar-refractivity contribution >= 4 is 17.3 Å². The van der Waals surface area contributed by atoms with Crippen LogP contribution in [0.4, 0.5) is 15.8 Å². The number of carbonyl (C=O) groups is 1. The number of nitrogens with zero attached hydrogens (tertiary/aromatic N) is 2. The maximum atomic E-state index is 14.2. The quantitative estimate of drug-likeness (QED) is 0.802. The van der Waals surface area contributed by atoms with Gasteiger partial charge in [0.25, 0.3) is 0 Å². The third-order valence-electron chi connectivity index (χ3n) is 5.26. The lowest BCUT2D eigenvalue weighted by atomic mass is 10.1. The zero-order valence-electron chi connectivity index (χ0n) is 14.4. The van der Waals surface area contributed by atoms with Gasteiger partial charge in [-0.2, -0.15) is 0 Å². The van der Waals surface area contributed by atoms with Gasteiger partial charge in [-0.05, 0) is 49.2 Å². The number of piperazine rings is 1. The fourth-order valence-electron chi connectivity index (χ4n) is 4.06. The lowest BCUT2D eigenvalue weighted by Gasteiger charge is -2.37. The number of fused-ring (bicyclic) bond motifs is 2. The summed E-state index contributed by atoms with van der Waals surface area (Å²) in [6.45, 7) is 3.92. The SMILES string of the molecule is COC(=O)c1ccc(N2C[C@@H]3C[C@H]2CN3c2cccc(C)c2)cc1F. The number of rotatable bonds is 3. The van der Waals surface area contributed by atoms with Crippen molar-refractivity contribution in [3.63, 3.8) is 0 Å². The summed E-state index contributed by atoms with van der Waals surface area (Å²) in [4.78, 5) is 16.2. The van der Waals surface area contributed by atoms with E-state index in [-0.39, 0.29) is 5.56 Å². The van der Waals surface area contributed by atoms with Crippen LogP contribution >= 0.6 is 0 Å². The molecule has 2 aliphatic heterocycles. The molecule has 0 spiro atoms. The molecule has 2 aromatic rings. The number of esters is 1. The van der Waals surface area contributed by atoms with Crippen LogP contribution in [-0.4, -0.2) is 38.3 Å².